The monoisotopic (exact) mass is 375 g/mol. The van der Waals surface area contributed by atoms with Crippen molar-refractivity contribution in [3.05, 3.63) is 18.5 Å². The van der Waals surface area contributed by atoms with Gasteiger partial charge in [-0.2, -0.15) is 0 Å². The quantitative estimate of drug-likeness (QED) is 0.834. The van der Waals surface area contributed by atoms with E-state index in [4.69, 9.17) is 15.2 Å². The Hall–Kier alpha value is -1.93. The van der Waals surface area contributed by atoms with Gasteiger partial charge in [-0.3, -0.25) is 0 Å². The molecule has 8 nitrogen and oxygen atoms in total. The van der Waals surface area contributed by atoms with Crippen LogP contribution in [-0.4, -0.2) is 71.5 Å². The first kappa shape index (κ1) is 18.4. The fourth-order valence-corrected chi connectivity index (χ4v) is 3.83. The van der Waals surface area contributed by atoms with E-state index in [1.807, 2.05) is 6.07 Å². The van der Waals surface area contributed by atoms with Crippen LogP contribution in [0.4, 0.5) is 10.7 Å². The van der Waals surface area contributed by atoms with Gasteiger partial charge < -0.3 is 25.0 Å². The lowest BCUT2D eigenvalue weighted by Crippen LogP contribution is -2.57. The first-order valence-electron chi connectivity index (χ1n) is 10.1. The summed E-state index contributed by atoms with van der Waals surface area (Å²) in [7, 11) is 0. The molecule has 0 aromatic carbocycles. The van der Waals surface area contributed by atoms with Crippen LogP contribution >= 0.6 is 0 Å². The van der Waals surface area contributed by atoms with Crippen LogP contribution in [0.15, 0.2) is 18.5 Å². The highest BCUT2D eigenvalue weighted by Gasteiger charge is 2.37. The summed E-state index contributed by atoms with van der Waals surface area (Å²) in [6, 6.07) is 1.68. The van der Waals surface area contributed by atoms with Gasteiger partial charge in [-0.05, 0) is 44.6 Å². The molecule has 1 aromatic rings. The van der Waals surface area contributed by atoms with Gasteiger partial charge in [-0.25, -0.2) is 14.8 Å². The van der Waals surface area contributed by atoms with Crippen LogP contribution in [0.25, 0.3) is 0 Å². The number of hydrogen-bond donors (Lipinski definition) is 1. The Kier molecular flexibility index (Phi) is 5.73. The van der Waals surface area contributed by atoms with Crippen LogP contribution in [-0.2, 0) is 9.47 Å². The van der Waals surface area contributed by atoms with E-state index in [1.54, 1.807) is 17.3 Å². The lowest BCUT2D eigenvalue weighted by atomic mass is 9.98. The Morgan fingerprint density at radius 1 is 1.07 bits per heavy atom. The minimum Gasteiger partial charge on any atom is -0.446 e. The molecule has 8 heteroatoms. The van der Waals surface area contributed by atoms with Crippen LogP contribution in [0.2, 0.25) is 0 Å². The minimum atomic E-state index is -0.225. The molecule has 0 spiro atoms. The summed E-state index contributed by atoms with van der Waals surface area (Å²) in [5.74, 6) is 0.777. The van der Waals surface area contributed by atoms with Crippen LogP contribution in [0.1, 0.15) is 38.5 Å². The minimum absolute atomic E-state index is 0.0525. The highest BCUT2D eigenvalue weighted by Crippen LogP contribution is 2.27. The Bertz CT molecular complexity index is 619. The van der Waals surface area contributed by atoms with Crippen molar-refractivity contribution in [2.75, 3.05) is 31.1 Å². The van der Waals surface area contributed by atoms with Gasteiger partial charge in [0.25, 0.3) is 0 Å². The smallest absolute Gasteiger partial charge is 0.410 e. The molecule has 2 aliphatic heterocycles. The molecular formula is C19H29N5O3. The number of nitrogens with zero attached hydrogens (tertiary/aromatic N) is 4. The zero-order valence-electron chi connectivity index (χ0n) is 15.7. The molecule has 1 aromatic heterocycles. The standard InChI is InChI=1S/C19H29N5O3/c20-16-3-1-10-24(19(25)27-15-4-5-15)17(16)13-26-14-6-11-23(12-7-14)18-21-8-2-9-22-18/h2,8-9,14-17H,1,3-7,10-13,20H2/t16-,17-/m0/s1. The van der Waals surface area contributed by atoms with Crippen molar-refractivity contribution in [1.82, 2.24) is 14.9 Å². The zero-order chi connectivity index (χ0) is 18.6. The van der Waals surface area contributed by atoms with E-state index in [9.17, 15) is 4.79 Å². The number of aromatic nitrogens is 2. The predicted molar refractivity (Wildman–Crippen MR) is 100 cm³/mol. The lowest BCUT2D eigenvalue weighted by Gasteiger charge is -2.40. The molecule has 148 valence electrons. The van der Waals surface area contributed by atoms with Crippen LogP contribution < -0.4 is 10.6 Å². The number of amides is 1. The summed E-state index contributed by atoms with van der Waals surface area (Å²) >= 11 is 0. The number of ether oxygens (including phenoxy) is 2. The van der Waals surface area contributed by atoms with Crippen molar-refractivity contribution >= 4 is 12.0 Å². The zero-order valence-corrected chi connectivity index (χ0v) is 15.7. The van der Waals surface area contributed by atoms with E-state index in [-0.39, 0.29) is 30.4 Å². The fraction of sp³-hybridized carbons (Fsp3) is 0.737. The molecule has 3 aliphatic rings. The molecule has 1 amide bonds. The van der Waals surface area contributed by atoms with E-state index in [0.717, 1.165) is 57.6 Å². The highest BCUT2D eigenvalue weighted by molar-refractivity contribution is 5.68. The van der Waals surface area contributed by atoms with Gasteiger partial charge in [0.1, 0.15) is 6.10 Å². The third-order valence-corrected chi connectivity index (χ3v) is 5.64. The Morgan fingerprint density at radius 3 is 2.52 bits per heavy atom. The summed E-state index contributed by atoms with van der Waals surface area (Å²) < 4.78 is 11.7. The van der Waals surface area contributed by atoms with Gasteiger partial charge in [0.15, 0.2) is 0 Å². The summed E-state index contributed by atoms with van der Waals surface area (Å²) in [4.78, 5) is 25.0. The normalized spacial score (nSPS) is 26.9. The van der Waals surface area contributed by atoms with Crippen molar-refractivity contribution in [1.29, 1.82) is 0 Å². The van der Waals surface area contributed by atoms with E-state index in [1.165, 1.54) is 0 Å². The van der Waals surface area contributed by atoms with Crippen LogP contribution in [0, 0.1) is 0 Å². The summed E-state index contributed by atoms with van der Waals surface area (Å²) in [5, 5.41) is 0. The van der Waals surface area contributed by atoms with Gasteiger partial charge in [-0.15, -0.1) is 0 Å². The van der Waals surface area contributed by atoms with Crippen LogP contribution in [0.5, 0.6) is 0 Å². The van der Waals surface area contributed by atoms with Crippen molar-refractivity contribution in [3.63, 3.8) is 0 Å². The predicted octanol–water partition coefficient (Wildman–Crippen LogP) is 1.55. The maximum absolute atomic E-state index is 12.4. The van der Waals surface area contributed by atoms with Gasteiger partial charge in [0.05, 0.1) is 18.8 Å². The second kappa shape index (κ2) is 8.39. The largest absolute Gasteiger partial charge is 0.446 e. The Morgan fingerprint density at radius 2 is 1.81 bits per heavy atom. The number of piperidine rings is 2. The average molecular weight is 375 g/mol. The third-order valence-electron chi connectivity index (χ3n) is 5.64. The summed E-state index contributed by atoms with van der Waals surface area (Å²) in [6.07, 6.45) is 9.26. The molecule has 0 radical (unpaired) electrons. The number of rotatable bonds is 5. The summed E-state index contributed by atoms with van der Waals surface area (Å²) in [5.41, 5.74) is 6.31. The first-order valence-corrected chi connectivity index (χ1v) is 10.1. The van der Waals surface area contributed by atoms with E-state index < -0.39 is 0 Å². The molecular weight excluding hydrogens is 346 g/mol. The second-order valence-corrected chi connectivity index (χ2v) is 7.72. The molecule has 0 bridgehead atoms. The van der Waals surface area contributed by atoms with Gasteiger partial charge in [0, 0.05) is 38.1 Å². The molecule has 3 fully saturated rings. The topological polar surface area (TPSA) is 93.8 Å². The number of anilines is 1. The van der Waals surface area contributed by atoms with Crippen molar-refractivity contribution in [2.24, 2.45) is 5.73 Å². The number of hydrogen-bond acceptors (Lipinski definition) is 7. The van der Waals surface area contributed by atoms with Gasteiger partial charge in [0.2, 0.25) is 5.95 Å². The lowest BCUT2D eigenvalue weighted by molar-refractivity contribution is -0.0197. The molecule has 0 unspecified atom stereocenters. The first-order chi connectivity index (χ1) is 13.2. The van der Waals surface area contributed by atoms with E-state index in [2.05, 4.69) is 14.9 Å². The van der Waals surface area contributed by atoms with Crippen LogP contribution in [0.3, 0.4) is 0 Å². The molecule has 2 N–H and O–H groups in total. The average Bonchev–Trinajstić information content (AvgIpc) is 3.52. The number of carbonyl (C=O) groups is 1. The van der Waals surface area contributed by atoms with E-state index in [0.29, 0.717) is 13.2 Å². The Balaban J connectivity index is 1.27. The van der Waals surface area contributed by atoms with Gasteiger partial charge in [-0.1, -0.05) is 0 Å². The van der Waals surface area contributed by atoms with Crippen molar-refractivity contribution in [2.45, 2.75) is 62.8 Å². The SMILES string of the molecule is N[C@H]1CCCN(C(=O)OC2CC2)[C@H]1COC1CCN(c2ncccn2)CC1. The number of carbonyl (C=O) groups excluding carboxylic acids is 1. The molecule has 2 saturated heterocycles. The second-order valence-electron chi connectivity index (χ2n) is 7.72. The molecule has 1 aliphatic carbocycles. The molecule has 27 heavy (non-hydrogen) atoms. The van der Waals surface area contributed by atoms with Crippen molar-refractivity contribution < 1.29 is 14.3 Å². The Labute approximate surface area is 160 Å². The number of nitrogens with two attached hydrogens (primary N) is 1. The fourth-order valence-electron chi connectivity index (χ4n) is 3.83. The summed E-state index contributed by atoms with van der Waals surface area (Å²) in [6.45, 7) is 2.93. The van der Waals surface area contributed by atoms with Gasteiger partial charge >= 0.3 is 6.09 Å². The maximum atomic E-state index is 12.4. The maximum Gasteiger partial charge on any atom is 0.410 e. The third kappa shape index (κ3) is 4.68. The molecule has 4 rings (SSSR count). The highest BCUT2D eigenvalue weighted by atomic mass is 16.6. The van der Waals surface area contributed by atoms with Crippen molar-refractivity contribution in [3.8, 4) is 0 Å². The number of likely N-dealkylation sites (tertiary alicyclic amines) is 1. The molecule has 3 heterocycles. The molecule has 2 atom stereocenters. The van der Waals surface area contributed by atoms with E-state index >= 15 is 0 Å². The molecule has 1 saturated carbocycles.